The summed E-state index contributed by atoms with van der Waals surface area (Å²) in [5.41, 5.74) is 4.62. The van der Waals surface area contributed by atoms with Crippen LogP contribution < -0.4 is 4.74 Å². The highest BCUT2D eigenvalue weighted by atomic mass is 35.5. The zero-order valence-electron chi connectivity index (χ0n) is 15.8. The molecule has 0 aliphatic carbocycles. The zero-order valence-corrected chi connectivity index (χ0v) is 16.6. The quantitative estimate of drug-likeness (QED) is 0.550. The van der Waals surface area contributed by atoms with Crippen LogP contribution in [0.5, 0.6) is 11.5 Å². The molecule has 0 fully saturated rings. The van der Waals surface area contributed by atoms with Crippen LogP contribution in [0, 0.1) is 13.8 Å². The molecule has 0 N–H and O–H groups in total. The summed E-state index contributed by atoms with van der Waals surface area (Å²) in [5.74, 6) is 1.69. The summed E-state index contributed by atoms with van der Waals surface area (Å²) in [6, 6.07) is 12.0. The molecule has 0 bridgehead atoms. The lowest BCUT2D eigenvalue weighted by Crippen LogP contribution is -2.20. The highest BCUT2D eigenvalue weighted by Gasteiger charge is 2.10. The molecule has 3 rings (SSSR count). The molecule has 26 heavy (non-hydrogen) atoms. The minimum absolute atomic E-state index is 0.676. The van der Waals surface area contributed by atoms with Gasteiger partial charge in [0.15, 0.2) is 0 Å². The number of halogens is 1. The molecule has 1 heterocycles. The summed E-state index contributed by atoms with van der Waals surface area (Å²) in [6.07, 6.45) is 2.80. The highest BCUT2D eigenvalue weighted by molar-refractivity contribution is 6.31. The van der Waals surface area contributed by atoms with E-state index in [0.717, 1.165) is 47.5 Å². The largest absolute Gasteiger partial charge is 0.456 e. The number of benzene rings is 2. The van der Waals surface area contributed by atoms with Gasteiger partial charge in [0, 0.05) is 23.2 Å². The summed E-state index contributed by atoms with van der Waals surface area (Å²) >= 11 is 6.07. The number of pyridine rings is 1. The lowest BCUT2D eigenvalue weighted by atomic mass is 10.0. The third kappa shape index (κ3) is 4.17. The lowest BCUT2D eigenvalue weighted by Gasteiger charge is -2.17. The molecule has 0 amide bonds. The molecule has 2 aromatic carbocycles. The fourth-order valence-electron chi connectivity index (χ4n) is 3.00. The Morgan fingerprint density at radius 2 is 1.85 bits per heavy atom. The Labute approximate surface area is 160 Å². The van der Waals surface area contributed by atoms with Crippen molar-refractivity contribution in [2.75, 3.05) is 20.1 Å². The van der Waals surface area contributed by atoms with E-state index in [1.807, 2.05) is 24.3 Å². The van der Waals surface area contributed by atoms with Crippen molar-refractivity contribution in [3.63, 3.8) is 0 Å². The number of aryl methyl sites for hydroxylation is 2. The monoisotopic (exact) mass is 368 g/mol. The standard InChI is InChI=1S/C22H25ClN2O/c1-5-25(4)11-9-17-12-16(3)22(13-15(17)2)26-21-8-10-24-20-14-18(23)6-7-19(20)21/h6-8,10,12-14H,5,9,11H2,1-4H3. The molecule has 0 saturated heterocycles. The topological polar surface area (TPSA) is 25.4 Å². The Bertz CT molecular complexity index is 923. The number of likely N-dealkylation sites (N-methyl/N-ethyl adjacent to an activating group) is 1. The number of nitrogens with zero attached hydrogens (tertiary/aromatic N) is 2. The second-order valence-corrected chi connectivity index (χ2v) is 7.20. The van der Waals surface area contributed by atoms with Gasteiger partial charge in [-0.3, -0.25) is 4.98 Å². The molecule has 0 saturated carbocycles. The molecule has 3 nitrogen and oxygen atoms in total. The Kier molecular flexibility index (Phi) is 5.80. The minimum Gasteiger partial charge on any atom is -0.456 e. The maximum atomic E-state index is 6.25. The van der Waals surface area contributed by atoms with E-state index in [9.17, 15) is 0 Å². The normalized spacial score (nSPS) is 11.3. The van der Waals surface area contributed by atoms with E-state index in [-0.39, 0.29) is 0 Å². The Morgan fingerprint density at radius 1 is 1.04 bits per heavy atom. The fraction of sp³-hybridized carbons (Fsp3) is 0.318. The number of aromatic nitrogens is 1. The van der Waals surface area contributed by atoms with Crippen LogP contribution in [0.4, 0.5) is 0 Å². The van der Waals surface area contributed by atoms with Crippen LogP contribution in [0.2, 0.25) is 5.02 Å². The fourth-order valence-corrected chi connectivity index (χ4v) is 3.17. The van der Waals surface area contributed by atoms with Gasteiger partial charge in [0.2, 0.25) is 0 Å². The molecule has 0 radical (unpaired) electrons. The number of ether oxygens (including phenoxy) is 1. The first-order valence-corrected chi connectivity index (χ1v) is 9.36. The van der Waals surface area contributed by atoms with E-state index in [1.165, 1.54) is 11.1 Å². The van der Waals surface area contributed by atoms with E-state index < -0.39 is 0 Å². The maximum absolute atomic E-state index is 6.25. The summed E-state index contributed by atoms with van der Waals surface area (Å²) in [7, 11) is 2.15. The van der Waals surface area contributed by atoms with Crippen molar-refractivity contribution >= 4 is 22.5 Å². The van der Waals surface area contributed by atoms with Crippen molar-refractivity contribution in [2.45, 2.75) is 27.2 Å². The van der Waals surface area contributed by atoms with Gasteiger partial charge < -0.3 is 9.64 Å². The van der Waals surface area contributed by atoms with Crippen LogP contribution >= 0.6 is 11.6 Å². The Balaban J connectivity index is 1.88. The van der Waals surface area contributed by atoms with Gasteiger partial charge in [-0.15, -0.1) is 0 Å². The van der Waals surface area contributed by atoms with Gasteiger partial charge >= 0.3 is 0 Å². The van der Waals surface area contributed by atoms with E-state index in [4.69, 9.17) is 16.3 Å². The number of hydrogen-bond donors (Lipinski definition) is 0. The van der Waals surface area contributed by atoms with E-state index in [2.05, 4.69) is 49.8 Å². The van der Waals surface area contributed by atoms with Gasteiger partial charge in [-0.25, -0.2) is 0 Å². The molecule has 0 aliphatic heterocycles. The van der Waals surface area contributed by atoms with Crippen LogP contribution in [0.3, 0.4) is 0 Å². The molecular weight excluding hydrogens is 344 g/mol. The SMILES string of the molecule is CCN(C)CCc1cc(C)c(Oc2ccnc3cc(Cl)ccc23)cc1C. The zero-order chi connectivity index (χ0) is 18.7. The van der Waals surface area contributed by atoms with Crippen LogP contribution in [-0.4, -0.2) is 30.0 Å². The average Bonchev–Trinajstić information content (AvgIpc) is 2.62. The summed E-state index contributed by atoms with van der Waals surface area (Å²) in [5, 5.41) is 1.64. The van der Waals surface area contributed by atoms with Crippen molar-refractivity contribution in [3.8, 4) is 11.5 Å². The van der Waals surface area contributed by atoms with Crippen molar-refractivity contribution < 1.29 is 4.74 Å². The van der Waals surface area contributed by atoms with Gasteiger partial charge in [-0.2, -0.15) is 0 Å². The van der Waals surface area contributed by atoms with Crippen LogP contribution in [0.15, 0.2) is 42.6 Å². The average molecular weight is 369 g/mol. The number of hydrogen-bond acceptors (Lipinski definition) is 3. The van der Waals surface area contributed by atoms with E-state index in [0.29, 0.717) is 5.02 Å². The second-order valence-electron chi connectivity index (χ2n) is 6.76. The first kappa shape index (κ1) is 18.7. The summed E-state index contributed by atoms with van der Waals surface area (Å²) in [4.78, 5) is 6.71. The first-order valence-electron chi connectivity index (χ1n) is 8.98. The van der Waals surface area contributed by atoms with Gasteiger partial charge in [0.25, 0.3) is 0 Å². The molecule has 0 atom stereocenters. The summed E-state index contributed by atoms with van der Waals surface area (Å²) in [6.45, 7) is 8.56. The minimum atomic E-state index is 0.676. The molecule has 0 spiro atoms. The van der Waals surface area contributed by atoms with E-state index >= 15 is 0 Å². The third-order valence-electron chi connectivity index (χ3n) is 4.82. The summed E-state index contributed by atoms with van der Waals surface area (Å²) < 4.78 is 6.25. The molecule has 0 aliphatic rings. The van der Waals surface area contributed by atoms with Crippen molar-refractivity contribution in [3.05, 3.63) is 64.3 Å². The van der Waals surface area contributed by atoms with Crippen LogP contribution in [0.1, 0.15) is 23.6 Å². The molecule has 1 aromatic heterocycles. The third-order valence-corrected chi connectivity index (χ3v) is 5.06. The van der Waals surface area contributed by atoms with Crippen LogP contribution in [-0.2, 0) is 6.42 Å². The predicted octanol–water partition coefficient (Wildman–Crippen LogP) is 5.79. The van der Waals surface area contributed by atoms with Crippen molar-refractivity contribution in [1.29, 1.82) is 0 Å². The van der Waals surface area contributed by atoms with Gasteiger partial charge in [0.1, 0.15) is 11.5 Å². The van der Waals surface area contributed by atoms with Crippen LogP contribution in [0.25, 0.3) is 10.9 Å². The Hall–Kier alpha value is -2.10. The van der Waals surface area contributed by atoms with E-state index in [1.54, 1.807) is 6.20 Å². The molecular formula is C22H25ClN2O. The predicted molar refractivity (Wildman–Crippen MR) is 110 cm³/mol. The number of rotatable bonds is 6. The lowest BCUT2D eigenvalue weighted by molar-refractivity contribution is 0.357. The van der Waals surface area contributed by atoms with Gasteiger partial charge in [-0.1, -0.05) is 24.6 Å². The van der Waals surface area contributed by atoms with Crippen molar-refractivity contribution in [1.82, 2.24) is 9.88 Å². The highest BCUT2D eigenvalue weighted by Crippen LogP contribution is 2.33. The molecule has 0 unspecified atom stereocenters. The molecule has 3 aromatic rings. The maximum Gasteiger partial charge on any atom is 0.138 e. The second kappa shape index (κ2) is 8.07. The smallest absolute Gasteiger partial charge is 0.138 e. The van der Waals surface area contributed by atoms with Gasteiger partial charge in [-0.05, 0) is 80.9 Å². The van der Waals surface area contributed by atoms with Gasteiger partial charge in [0.05, 0.1) is 5.52 Å². The number of fused-ring (bicyclic) bond motifs is 1. The van der Waals surface area contributed by atoms with Crippen molar-refractivity contribution in [2.24, 2.45) is 0 Å². The first-order chi connectivity index (χ1) is 12.5. The molecule has 136 valence electrons. The Morgan fingerprint density at radius 3 is 2.62 bits per heavy atom. The molecule has 4 heteroatoms.